The molecule has 1 aromatic heterocycles. The van der Waals surface area contributed by atoms with Gasteiger partial charge in [-0.25, -0.2) is 4.79 Å². The number of aromatic amines is 1. The highest BCUT2D eigenvalue weighted by Gasteiger charge is 2.26. The Balaban J connectivity index is 1.52. The molecule has 8 nitrogen and oxygen atoms in total. The molecule has 2 heterocycles. The predicted octanol–water partition coefficient (Wildman–Crippen LogP) is 4.96. The van der Waals surface area contributed by atoms with Gasteiger partial charge in [0.1, 0.15) is 11.4 Å². The van der Waals surface area contributed by atoms with Gasteiger partial charge in [0.05, 0.1) is 31.5 Å². The van der Waals surface area contributed by atoms with E-state index < -0.39 is 6.03 Å². The normalized spacial score (nSPS) is 13.5. The standard InChI is InChI=1S/C27H26N4O4/c1-34-20-10-5-9-19(17-20)28-27(33)29-22-12-6-11-21-23(18-7-3-2-4-8-18)25(30-24(21)22)26(32)31-13-15-35-16-14-31/h2-12,17,30H,13-16H2,1H3,(H2,28,29,33). The molecule has 0 spiro atoms. The second-order valence-electron chi connectivity index (χ2n) is 8.18. The number of benzene rings is 3. The monoisotopic (exact) mass is 470 g/mol. The van der Waals surface area contributed by atoms with Crippen LogP contribution in [0.5, 0.6) is 5.75 Å². The number of carbonyl (C=O) groups excluding carboxylic acids is 2. The number of aromatic nitrogens is 1. The quantitative estimate of drug-likeness (QED) is 0.384. The van der Waals surface area contributed by atoms with Crippen molar-refractivity contribution in [1.82, 2.24) is 9.88 Å². The third-order valence-electron chi connectivity index (χ3n) is 5.98. The highest BCUT2D eigenvalue weighted by atomic mass is 16.5. The smallest absolute Gasteiger partial charge is 0.323 e. The van der Waals surface area contributed by atoms with Crippen LogP contribution in [-0.4, -0.2) is 55.2 Å². The van der Waals surface area contributed by atoms with Gasteiger partial charge in [0.15, 0.2) is 0 Å². The summed E-state index contributed by atoms with van der Waals surface area (Å²) in [6, 6.07) is 22.1. The van der Waals surface area contributed by atoms with Crippen LogP contribution in [0.2, 0.25) is 0 Å². The van der Waals surface area contributed by atoms with Crippen LogP contribution >= 0.6 is 0 Å². The first-order valence-corrected chi connectivity index (χ1v) is 11.4. The van der Waals surface area contributed by atoms with Gasteiger partial charge in [-0.3, -0.25) is 4.79 Å². The fourth-order valence-corrected chi connectivity index (χ4v) is 4.30. The van der Waals surface area contributed by atoms with Crippen LogP contribution in [0.4, 0.5) is 16.2 Å². The molecule has 1 aliphatic heterocycles. The summed E-state index contributed by atoms with van der Waals surface area (Å²) in [4.78, 5) is 31.4. The number of methoxy groups -OCH3 is 1. The van der Waals surface area contributed by atoms with Gasteiger partial charge in [-0.1, -0.05) is 48.5 Å². The van der Waals surface area contributed by atoms with E-state index in [1.807, 2.05) is 48.5 Å². The van der Waals surface area contributed by atoms with Gasteiger partial charge in [-0.05, 0) is 23.8 Å². The molecule has 8 heteroatoms. The maximum Gasteiger partial charge on any atom is 0.323 e. The number of rotatable bonds is 5. The molecule has 1 fully saturated rings. The Morgan fingerprint density at radius 1 is 0.943 bits per heavy atom. The first-order chi connectivity index (χ1) is 17.1. The Labute approximate surface area is 202 Å². The van der Waals surface area contributed by atoms with Crippen LogP contribution in [0.1, 0.15) is 10.5 Å². The Morgan fingerprint density at radius 2 is 1.71 bits per heavy atom. The summed E-state index contributed by atoms with van der Waals surface area (Å²) in [5, 5.41) is 6.59. The lowest BCUT2D eigenvalue weighted by Crippen LogP contribution is -2.41. The van der Waals surface area contributed by atoms with Crippen molar-refractivity contribution >= 4 is 34.2 Å². The summed E-state index contributed by atoms with van der Waals surface area (Å²) in [6.45, 7) is 2.11. The Hall–Kier alpha value is -4.30. The number of nitrogens with zero attached hydrogens (tertiary/aromatic N) is 1. The van der Waals surface area contributed by atoms with E-state index in [1.165, 1.54) is 0 Å². The number of anilines is 2. The number of ether oxygens (including phenoxy) is 2. The summed E-state index contributed by atoms with van der Waals surface area (Å²) in [5.41, 5.74) is 4.09. The van der Waals surface area contributed by atoms with E-state index >= 15 is 0 Å². The number of hydrogen-bond acceptors (Lipinski definition) is 4. The van der Waals surface area contributed by atoms with E-state index in [1.54, 1.807) is 36.3 Å². The number of urea groups is 1. The lowest BCUT2D eigenvalue weighted by molar-refractivity contribution is 0.0300. The third-order valence-corrected chi connectivity index (χ3v) is 5.98. The molecule has 3 aromatic carbocycles. The summed E-state index contributed by atoms with van der Waals surface area (Å²) in [7, 11) is 1.57. The molecule has 0 saturated carbocycles. The van der Waals surface area contributed by atoms with E-state index in [4.69, 9.17) is 9.47 Å². The number of morpholine rings is 1. The zero-order valence-electron chi connectivity index (χ0n) is 19.3. The SMILES string of the molecule is COc1cccc(NC(=O)Nc2cccc3c(-c4ccccc4)c(C(=O)N4CCOCC4)[nH]c23)c1. The van der Waals surface area contributed by atoms with Crippen LogP contribution in [0.15, 0.2) is 72.8 Å². The fourth-order valence-electron chi connectivity index (χ4n) is 4.30. The molecule has 1 aliphatic rings. The molecule has 0 atom stereocenters. The lowest BCUT2D eigenvalue weighted by atomic mass is 10.0. The van der Waals surface area contributed by atoms with Crippen molar-refractivity contribution in [3.8, 4) is 16.9 Å². The maximum absolute atomic E-state index is 13.5. The summed E-state index contributed by atoms with van der Waals surface area (Å²) < 4.78 is 10.6. The van der Waals surface area contributed by atoms with Crippen LogP contribution in [0.25, 0.3) is 22.0 Å². The van der Waals surface area contributed by atoms with Gasteiger partial charge in [0.2, 0.25) is 0 Å². The van der Waals surface area contributed by atoms with E-state index in [0.29, 0.717) is 54.6 Å². The first-order valence-electron chi connectivity index (χ1n) is 11.4. The zero-order chi connectivity index (χ0) is 24.2. The van der Waals surface area contributed by atoms with Crippen molar-refractivity contribution in [2.45, 2.75) is 0 Å². The topological polar surface area (TPSA) is 95.7 Å². The minimum atomic E-state index is -0.400. The van der Waals surface area contributed by atoms with E-state index in [9.17, 15) is 9.59 Å². The molecule has 0 radical (unpaired) electrons. The summed E-state index contributed by atoms with van der Waals surface area (Å²) in [6.07, 6.45) is 0. The minimum Gasteiger partial charge on any atom is -0.497 e. The van der Waals surface area contributed by atoms with Crippen molar-refractivity contribution < 1.29 is 19.1 Å². The first kappa shape index (κ1) is 22.5. The third kappa shape index (κ3) is 4.69. The molecule has 35 heavy (non-hydrogen) atoms. The van der Waals surface area contributed by atoms with Gasteiger partial charge in [-0.2, -0.15) is 0 Å². The molecule has 5 rings (SSSR count). The van der Waals surface area contributed by atoms with Gasteiger partial charge < -0.3 is 30.0 Å². The highest BCUT2D eigenvalue weighted by molar-refractivity contribution is 6.14. The zero-order valence-corrected chi connectivity index (χ0v) is 19.3. The minimum absolute atomic E-state index is 0.0878. The van der Waals surface area contributed by atoms with E-state index in [0.717, 1.165) is 16.5 Å². The number of para-hydroxylation sites is 1. The molecular weight excluding hydrogens is 444 g/mol. The van der Waals surface area contributed by atoms with Crippen molar-refractivity contribution in [3.63, 3.8) is 0 Å². The van der Waals surface area contributed by atoms with E-state index in [2.05, 4.69) is 15.6 Å². The number of nitrogens with one attached hydrogen (secondary N) is 3. The molecule has 0 bridgehead atoms. The Morgan fingerprint density at radius 3 is 2.49 bits per heavy atom. The van der Waals surface area contributed by atoms with Gasteiger partial charge in [-0.15, -0.1) is 0 Å². The maximum atomic E-state index is 13.5. The van der Waals surface area contributed by atoms with Crippen molar-refractivity contribution in [3.05, 3.63) is 78.5 Å². The predicted molar refractivity (Wildman–Crippen MR) is 136 cm³/mol. The summed E-state index contributed by atoms with van der Waals surface area (Å²) in [5.74, 6) is 0.558. The molecule has 0 aliphatic carbocycles. The van der Waals surface area contributed by atoms with Crippen LogP contribution in [0.3, 0.4) is 0 Å². The lowest BCUT2D eigenvalue weighted by Gasteiger charge is -2.26. The van der Waals surface area contributed by atoms with Gasteiger partial charge >= 0.3 is 6.03 Å². The van der Waals surface area contributed by atoms with Crippen LogP contribution < -0.4 is 15.4 Å². The van der Waals surface area contributed by atoms with E-state index in [-0.39, 0.29) is 5.91 Å². The molecule has 3 amide bonds. The molecule has 178 valence electrons. The number of carbonyl (C=O) groups is 2. The Bertz CT molecular complexity index is 1360. The van der Waals surface area contributed by atoms with Crippen LogP contribution in [-0.2, 0) is 4.74 Å². The Kier molecular flexibility index (Phi) is 6.36. The second-order valence-corrected chi connectivity index (χ2v) is 8.18. The largest absolute Gasteiger partial charge is 0.497 e. The molecule has 4 aromatic rings. The van der Waals surface area contributed by atoms with Crippen molar-refractivity contribution in [2.24, 2.45) is 0 Å². The average molecular weight is 471 g/mol. The highest BCUT2D eigenvalue weighted by Crippen LogP contribution is 2.36. The fraction of sp³-hybridized carbons (Fsp3) is 0.185. The number of fused-ring (bicyclic) bond motifs is 1. The number of amides is 3. The average Bonchev–Trinajstić information content (AvgIpc) is 3.30. The van der Waals surface area contributed by atoms with Gasteiger partial charge in [0.25, 0.3) is 5.91 Å². The van der Waals surface area contributed by atoms with Crippen LogP contribution in [0, 0.1) is 0 Å². The summed E-state index contributed by atoms with van der Waals surface area (Å²) >= 11 is 0. The van der Waals surface area contributed by atoms with Crippen molar-refractivity contribution in [1.29, 1.82) is 0 Å². The number of H-pyrrole nitrogens is 1. The van der Waals surface area contributed by atoms with Crippen molar-refractivity contribution in [2.75, 3.05) is 44.0 Å². The molecule has 1 saturated heterocycles. The van der Waals surface area contributed by atoms with Gasteiger partial charge in [0, 0.05) is 35.8 Å². The second kappa shape index (κ2) is 9.90. The molecular formula is C27H26N4O4. The molecule has 3 N–H and O–H groups in total. The molecule has 0 unspecified atom stereocenters. The number of hydrogen-bond donors (Lipinski definition) is 3.